The van der Waals surface area contributed by atoms with E-state index in [-0.39, 0.29) is 30.1 Å². The molecule has 8 atom stereocenters. The van der Waals surface area contributed by atoms with E-state index < -0.39 is 23.5 Å². The van der Waals surface area contributed by atoms with Gasteiger partial charge < -0.3 is 45.9 Å². The second-order valence-electron chi connectivity index (χ2n) is 17.9. The van der Waals surface area contributed by atoms with Crippen molar-refractivity contribution in [3.05, 3.63) is 12.2 Å². The van der Waals surface area contributed by atoms with E-state index in [0.717, 1.165) is 95.9 Å². The van der Waals surface area contributed by atoms with Crippen LogP contribution in [0, 0.1) is 5.92 Å². The molecular formula is C45H80N6O6. The van der Waals surface area contributed by atoms with Gasteiger partial charge in [-0.15, -0.1) is 0 Å². The number of aliphatic hydroxyl groups is 1. The van der Waals surface area contributed by atoms with Crippen LogP contribution in [0.25, 0.3) is 0 Å². The van der Waals surface area contributed by atoms with Gasteiger partial charge in [-0.25, -0.2) is 4.99 Å². The summed E-state index contributed by atoms with van der Waals surface area (Å²) in [6.45, 7) is 6.68. The van der Waals surface area contributed by atoms with Gasteiger partial charge in [0.25, 0.3) is 0 Å². The molecule has 326 valence electrons. The summed E-state index contributed by atoms with van der Waals surface area (Å²) >= 11 is 0. The number of nitrogens with two attached hydrogens (primary N) is 2. The van der Waals surface area contributed by atoms with Crippen molar-refractivity contribution in [1.29, 1.82) is 0 Å². The lowest BCUT2D eigenvalue weighted by Crippen LogP contribution is -2.71. The van der Waals surface area contributed by atoms with Crippen LogP contribution in [0.2, 0.25) is 0 Å². The van der Waals surface area contributed by atoms with Gasteiger partial charge in [0, 0.05) is 32.0 Å². The van der Waals surface area contributed by atoms with Crippen LogP contribution in [0.15, 0.2) is 17.1 Å². The first-order valence-corrected chi connectivity index (χ1v) is 23.4. The zero-order valence-corrected chi connectivity index (χ0v) is 35.8. The number of nitrogens with zero attached hydrogens (tertiary/aromatic N) is 3. The molecule has 2 spiro atoms. The summed E-state index contributed by atoms with van der Waals surface area (Å²) in [4.78, 5) is 36.3. The minimum atomic E-state index is -0.886. The van der Waals surface area contributed by atoms with Crippen molar-refractivity contribution in [2.24, 2.45) is 22.4 Å². The molecule has 0 bridgehead atoms. The van der Waals surface area contributed by atoms with Crippen molar-refractivity contribution in [2.45, 2.75) is 216 Å². The van der Waals surface area contributed by atoms with Gasteiger partial charge in [-0.1, -0.05) is 89.7 Å². The van der Waals surface area contributed by atoms with E-state index in [1.165, 1.54) is 57.8 Å². The number of hydrogen-bond donors (Lipinski definition) is 4. The van der Waals surface area contributed by atoms with Gasteiger partial charge in [-0.05, 0) is 97.1 Å². The van der Waals surface area contributed by atoms with Crippen molar-refractivity contribution in [2.75, 3.05) is 32.8 Å². The highest BCUT2D eigenvalue weighted by Crippen LogP contribution is 2.50. The summed E-state index contributed by atoms with van der Waals surface area (Å²) in [6, 6.07) is 0.328. The Balaban J connectivity index is 0.943. The fourth-order valence-corrected chi connectivity index (χ4v) is 10.2. The average molecular weight is 801 g/mol. The second-order valence-corrected chi connectivity index (χ2v) is 17.9. The second kappa shape index (κ2) is 23.5. The molecule has 3 fully saturated rings. The van der Waals surface area contributed by atoms with Crippen LogP contribution in [0.1, 0.15) is 174 Å². The first-order valence-electron chi connectivity index (χ1n) is 23.4. The molecule has 0 aliphatic carbocycles. The van der Waals surface area contributed by atoms with Gasteiger partial charge in [0.15, 0.2) is 11.7 Å². The summed E-state index contributed by atoms with van der Waals surface area (Å²) in [6.07, 6.45) is 29.4. The van der Waals surface area contributed by atoms with Gasteiger partial charge in [0.05, 0.1) is 31.0 Å². The molecule has 5 rings (SSSR count). The summed E-state index contributed by atoms with van der Waals surface area (Å²) in [5.74, 6) is 0.440. The van der Waals surface area contributed by atoms with Crippen LogP contribution >= 0.6 is 0 Å². The lowest BCUT2D eigenvalue weighted by molar-refractivity contribution is -0.194. The summed E-state index contributed by atoms with van der Waals surface area (Å²) in [5.41, 5.74) is 9.88. The number of carbonyl (C=O) groups is 2. The van der Waals surface area contributed by atoms with E-state index in [9.17, 15) is 14.7 Å². The average Bonchev–Trinajstić information content (AvgIpc) is 3.49. The highest BCUT2D eigenvalue weighted by molar-refractivity contribution is 5.87. The maximum absolute atomic E-state index is 14.0. The monoisotopic (exact) mass is 801 g/mol. The maximum Gasteiger partial charge on any atom is 0.316 e. The lowest BCUT2D eigenvalue weighted by Gasteiger charge is -2.55. The zero-order valence-electron chi connectivity index (χ0n) is 35.8. The van der Waals surface area contributed by atoms with E-state index >= 15 is 0 Å². The number of hydrogen-bond acceptors (Lipinski definition) is 11. The molecule has 5 aliphatic rings. The van der Waals surface area contributed by atoms with Crippen LogP contribution in [0.3, 0.4) is 0 Å². The topological polar surface area (TPSA) is 165 Å². The van der Waals surface area contributed by atoms with Gasteiger partial charge in [0.1, 0.15) is 11.6 Å². The van der Waals surface area contributed by atoms with Crippen LogP contribution in [0.4, 0.5) is 0 Å². The van der Waals surface area contributed by atoms with Gasteiger partial charge >= 0.3 is 5.97 Å². The summed E-state index contributed by atoms with van der Waals surface area (Å²) in [5, 5.41) is 13.9. The Hall–Kier alpha value is -2.25. The number of allylic oxidation sites excluding steroid dienone is 1. The number of aliphatic hydroxyl groups excluding tert-OH is 1. The van der Waals surface area contributed by atoms with E-state index in [4.69, 9.17) is 30.7 Å². The van der Waals surface area contributed by atoms with E-state index in [1.54, 1.807) is 4.90 Å². The van der Waals surface area contributed by atoms with Crippen molar-refractivity contribution in [1.82, 2.24) is 15.1 Å². The SMILES string of the molecule is CCC1C=CCCC2(CC3CCC4C(C(=O)OCCCCCCCCCCCCCCCC(=O)N(CCCN)CC(O)CCN)C5(CCCC(C)O5)N=C(N2)N34)O1. The molecule has 3 saturated heterocycles. The Morgan fingerprint density at radius 3 is 2.33 bits per heavy atom. The first kappa shape index (κ1) is 45.8. The molecule has 0 aromatic rings. The molecule has 0 radical (unpaired) electrons. The number of esters is 1. The third kappa shape index (κ3) is 13.1. The Morgan fingerprint density at radius 1 is 0.965 bits per heavy atom. The molecule has 8 unspecified atom stereocenters. The highest BCUT2D eigenvalue weighted by atomic mass is 16.6. The van der Waals surface area contributed by atoms with E-state index in [1.807, 2.05) is 0 Å². The third-order valence-electron chi connectivity index (χ3n) is 13.2. The van der Waals surface area contributed by atoms with Gasteiger partial charge in [-0.2, -0.15) is 0 Å². The van der Waals surface area contributed by atoms with Crippen LogP contribution in [0.5, 0.6) is 0 Å². The summed E-state index contributed by atoms with van der Waals surface area (Å²) in [7, 11) is 0. The first-order chi connectivity index (χ1) is 27.7. The number of carbonyl (C=O) groups excluding carboxylic acids is 2. The molecule has 5 aliphatic heterocycles. The Labute approximate surface area is 344 Å². The van der Waals surface area contributed by atoms with Crippen LogP contribution < -0.4 is 16.8 Å². The maximum atomic E-state index is 14.0. The minimum Gasteiger partial charge on any atom is -0.465 e. The minimum absolute atomic E-state index is 0.0307. The number of aliphatic imine (C=N–C) groups is 1. The number of guanidine groups is 1. The molecular weight excluding hydrogens is 721 g/mol. The van der Waals surface area contributed by atoms with E-state index in [0.29, 0.717) is 51.7 Å². The molecule has 6 N–H and O–H groups in total. The van der Waals surface area contributed by atoms with Crippen LogP contribution in [-0.2, 0) is 23.8 Å². The molecule has 0 aromatic carbocycles. The number of nitrogens with one attached hydrogen (secondary N) is 1. The molecule has 0 aromatic heterocycles. The molecule has 1 amide bonds. The van der Waals surface area contributed by atoms with Crippen molar-refractivity contribution in [3.8, 4) is 0 Å². The molecule has 0 saturated carbocycles. The Bertz CT molecular complexity index is 1280. The normalized spacial score (nSPS) is 29.8. The van der Waals surface area contributed by atoms with Gasteiger partial charge in [-0.3, -0.25) is 9.59 Å². The number of ether oxygens (including phenoxy) is 3. The third-order valence-corrected chi connectivity index (χ3v) is 13.2. The van der Waals surface area contributed by atoms with Crippen molar-refractivity contribution >= 4 is 17.8 Å². The molecule has 5 heterocycles. The molecule has 57 heavy (non-hydrogen) atoms. The van der Waals surface area contributed by atoms with E-state index in [2.05, 4.69) is 36.2 Å². The lowest BCUT2D eigenvalue weighted by atomic mass is 9.80. The Kier molecular flexibility index (Phi) is 18.9. The fraction of sp³-hybridized carbons (Fsp3) is 0.889. The number of rotatable bonds is 25. The standard InChI is InChI=1S/C45H80N6O6/c1-3-38-22-16-17-27-44(57-38)33-36-24-25-39-41(45(28-19-21-35(2)56-45)49-43(48-44)51(36)39)42(54)55-32-18-14-12-10-8-6-4-5-7-9-11-13-15-23-40(53)50(31-20-29-46)34-37(52)26-30-47/h16,22,35-39,41,52H,3-15,17-21,23-34,46-47H2,1-2H3,(H,48,49). The molecule has 12 heteroatoms. The Morgan fingerprint density at radius 2 is 1.67 bits per heavy atom. The van der Waals surface area contributed by atoms with Gasteiger partial charge in [0.2, 0.25) is 5.91 Å². The largest absolute Gasteiger partial charge is 0.465 e. The quantitative estimate of drug-likeness (QED) is 0.0438. The zero-order chi connectivity index (χ0) is 40.5. The predicted molar refractivity (Wildman–Crippen MR) is 226 cm³/mol. The number of unbranched alkanes of at least 4 members (excludes halogenated alkanes) is 12. The number of amides is 1. The molecule has 12 nitrogen and oxygen atoms in total. The summed E-state index contributed by atoms with van der Waals surface area (Å²) < 4.78 is 19.6. The van der Waals surface area contributed by atoms with Crippen LogP contribution in [-0.4, -0.2) is 107 Å². The van der Waals surface area contributed by atoms with Crippen molar-refractivity contribution < 1.29 is 28.9 Å². The highest BCUT2D eigenvalue weighted by Gasteiger charge is 2.62. The fourth-order valence-electron chi connectivity index (χ4n) is 10.2. The smallest absolute Gasteiger partial charge is 0.316 e. The predicted octanol–water partition coefficient (Wildman–Crippen LogP) is 6.82. The van der Waals surface area contributed by atoms with Crippen molar-refractivity contribution in [3.63, 3.8) is 0 Å².